The van der Waals surface area contributed by atoms with Crippen LogP contribution in [0.15, 0.2) is 48.7 Å². The van der Waals surface area contributed by atoms with Crippen LogP contribution in [0.3, 0.4) is 0 Å². The van der Waals surface area contributed by atoms with E-state index in [9.17, 15) is 9.18 Å². The van der Waals surface area contributed by atoms with Gasteiger partial charge in [-0.2, -0.15) is 0 Å². The Bertz CT molecular complexity index is 590. The van der Waals surface area contributed by atoms with E-state index in [4.69, 9.17) is 4.74 Å². The zero-order valence-corrected chi connectivity index (χ0v) is 11.8. The van der Waals surface area contributed by atoms with Crippen molar-refractivity contribution in [1.82, 2.24) is 10.3 Å². The van der Waals surface area contributed by atoms with E-state index in [2.05, 4.69) is 10.3 Å². The lowest BCUT2D eigenvalue weighted by molar-refractivity contribution is -0.127. The van der Waals surface area contributed by atoms with Crippen LogP contribution in [0.1, 0.15) is 12.6 Å². The quantitative estimate of drug-likeness (QED) is 0.887. The third kappa shape index (κ3) is 4.87. The molecule has 2 rings (SSSR count). The van der Waals surface area contributed by atoms with Gasteiger partial charge in [-0.3, -0.25) is 9.78 Å². The molecular formula is C16H17FN2O2. The predicted octanol–water partition coefficient (Wildman–Crippen LogP) is 2.35. The number of aromatic nitrogens is 1. The molecule has 1 aromatic carbocycles. The van der Waals surface area contributed by atoms with Gasteiger partial charge in [-0.25, -0.2) is 4.39 Å². The first-order valence-electron chi connectivity index (χ1n) is 6.75. The number of carbonyl (C=O) groups excluding carboxylic acids is 1. The van der Waals surface area contributed by atoms with Crippen molar-refractivity contribution in [1.29, 1.82) is 0 Å². The highest BCUT2D eigenvalue weighted by Gasteiger charge is 2.14. The molecule has 0 saturated heterocycles. The molecule has 0 bridgehead atoms. The van der Waals surface area contributed by atoms with Crippen LogP contribution in [0.4, 0.5) is 4.39 Å². The molecule has 0 unspecified atom stereocenters. The number of halogens is 1. The zero-order chi connectivity index (χ0) is 15.1. The maximum atomic E-state index is 13.0. The van der Waals surface area contributed by atoms with Crippen LogP contribution in [0.25, 0.3) is 0 Å². The highest BCUT2D eigenvalue weighted by atomic mass is 19.1. The Morgan fingerprint density at radius 3 is 2.90 bits per heavy atom. The number of ether oxygens (including phenoxy) is 1. The van der Waals surface area contributed by atoms with Crippen molar-refractivity contribution in [2.45, 2.75) is 19.4 Å². The molecule has 1 N–H and O–H groups in total. The van der Waals surface area contributed by atoms with E-state index in [0.29, 0.717) is 18.7 Å². The number of carbonyl (C=O) groups is 1. The van der Waals surface area contributed by atoms with Crippen LogP contribution >= 0.6 is 0 Å². The van der Waals surface area contributed by atoms with E-state index in [-0.39, 0.29) is 5.91 Å². The van der Waals surface area contributed by atoms with Gasteiger partial charge in [0.15, 0.2) is 6.10 Å². The Morgan fingerprint density at radius 1 is 1.33 bits per heavy atom. The summed E-state index contributed by atoms with van der Waals surface area (Å²) in [6, 6.07) is 11.4. The SMILES string of the molecule is C[C@@H](Oc1cccc(F)c1)C(=O)NCCc1ccccn1. The van der Waals surface area contributed by atoms with Gasteiger partial charge < -0.3 is 10.1 Å². The van der Waals surface area contributed by atoms with Crippen LogP contribution in [0, 0.1) is 5.82 Å². The molecular weight excluding hydrogens is 271 g/mol. The van der Waals surface area contributed by atoms with Crippen molar-refractivity contribution in [3.05, 3.63) is 60.2 Å². The summed E-state index contributed by atoms with van der Waals surface area (Å²) in [5, 5.41) is 2.77. The van der Waals surface area contributed by atoms with Gasteiger partial charge in [0, 0.05) is 30.9 Å². The molecule has 0 radical (unpaired) electrons. The fourth-order valence-electron chi connectivity index (χ4n) is 1.80. The summed E-state index contributed by atoms with van der Waals surface area (Å²) < 4.78 is 18.4. The Labute approximate surface area is 123 Å². The summed E-state index contributed by atoms with van der Waals surface area (Å²) >= 11 is 0. The zero-order valence-electron chi connectivity index (χ0n) is 11.8. The van der Waals surface area contributed by atoms with Gasteiger partial charge in [-0.05, 0) is 31.2 Å². The summed E-state index contributed by atoms with van der Waals surface area (Å²) in [6.45, 7) is 2.10. The average Bonchev–Trinajstić information content (AvgIpc) is 2.48. The van der Waals surface area contributed by atoms with Crippen molar-refractivity contribution >= 4 is 5.91 Å². The molecule has 0 spiro atoms. The molecule has 0 aliphatic carbocycles. The first-order chi connectivity index (χ1) is 10.1. The minimum absolute atomic E-state index is 0.241. The van der Waals surface area contributed by atoms with Gasteiger partial charge >= 0.3 is 0 Å². The van der Waals surface area contributed by atoms with Crippen molar-refractivity contribution in [3.63, 3.8) is 0 Å². The third-order valence-corrected chi connectivity index (χ3v) is 2.88. The minimum atomic E-state index is -0.685. The fourth-order valence-corrected chi connectivity index (χ4v) is 1.80. The summed E-state index contributed by atoms with van der Waals surface area (Å²) in [5.74, 6) is -0.298. The standard InChI is InChI=1S/C16H17FN2O2/c1-12(21-15-7-4-5-13(17)11-15)16(20)19-10-8-14-6-2-3-9-18-14/h2-7,9,11-12H,8,10H2,1H3,(H,19,20)/t12-/m1/s1. The lowest BCUT2D eigenvalue weighted by Gasteiger charge is -2.14. The van der Waals surface area contributed by atoms with Gasteiger partial charge in [0.05, 0.1) is 0 Å². The second-order valence-corrected chi connectivity index (χ2v) is 4.58. The molecule has 1 heterocycles. The molecule has 1 amide bonds. The summed E-state index contributed by atoms with van der Waals surface area (Å²) in [6.07, 6.45) is 1.68. The molecule has 2 aromatic rings. The molecule has 1 atom stereocenters. The number of nitrogens with zero attached hydrogens (tertiary/aromatic N) is 1. The lowest BCUT2D eigenvalue weighted by atomic mass is 10.2. The number of hydrogen-bond donors (Lipinski definition) is 1. The van der Waals surface area contributed by atoms with E-state index < -0.39 is 11.9 Å². The summed E-state index contributed by atoms with van der Waals surface area (Å²) in [5.41, 5.74) is 0.913. The van der Waals surface area contributed by atoms with Gasteiger partial charge in [0.25, 0.3) is 5.91 Å². The Balaban J connectivity index is 1.77. The minimum Gasteiger partial charge on any atom is -0.481 e. The molecule has 0 aliphatic rings. The molecule has 21 heavy (non-hydrogen) atoms. The van der Waals surface area contributed by atoms with Crippen LogP contribution < -0.4 is 10.1 Å². The molecule has 1 aromatic heterocycles. The normalized spacial score (nSPS) is 11.7. The highest BCUT2D eigenvalue weighted by Crippen LogP contribution is 2.13. The number of hydrogen-bond acceptors (Lipinski definition) is 3. The van der Waals surface area contributed by atoms with Gasteiger partial charge in [0.1, 0.15) is 11.6 Å². The van der Waals surface area contributed by atoms with Crippen molar-refractivity contribution in [2.75, 3.05) is 6.54 Å². The average molecular weight is 288 g/mol. The Hall–Kier alpha value is -2.43. The highest BCUT2D eigenvalue weighted by molar-refractivity contribution is 5.80. The molecule has 4 nitrogen and oxygen atoms in total. The van der Waals surface area contributed by atoms with Gasteiger partial charge in [-0.1, -0.05) is 12.1 Å². The molecule has 0 saturated carbocycles. The second-order valence-electron chi connectivity index (χ2n) is 4.58. The monoisotopic (exact) mass is 288 g/mol. The maximum absolute atomic E-state index is 13.0. The van der Waals surface area contributed by atoms with Crippen molar-refractivity contribution < 1.29 is 13.9 Å². The number of nitrogens with one attached hydrogen (secondary N) is 1. The third-order valence-electron chi connectivity index (χ3n) is 2.88. The lowest BCUT2D eigenvalue weighted by Crippen LogP contribution is -2.37. The first-order valence-corrected chi connectivity index (χ1v) is 6.75. The fraction of sp³-hybridized carbons (Fsp3) is 0.250. The number of benzene rings is 1. The number of pyridine rings is 1. The molecule has 0 fully saturated rings. The van der Waals surface area contributed by atoms with E-state index in [1.54, 1.807) is 19.2 Å². The van der Waals surface area contributed by atoms with Gasteiger partial charge in [0.2, 0.25) is 0 Å². The first kappa shape index (κ1) is 15.0. The topological polar surface area (TPSA) is 51.2 Å². The van der Waals surface area contributed by atoms with Crippen LogP contribution in [-0.2, 0) is 11.2 Å². The molecule has 0 aliphatic heterocycles. The Kier molecular flexibility index (Phi) is 5.26. The Morgan fingerprint density at radius 2 is 2.19 bits per heavy atom. The van der Waals surface area contributed by atoms with Crippen LogP contribution in [-0.4, -0.2) is 23.5 Å². The summed E-state index contributed by atoms with van der Waals surface area (Å²) in [4.78, 5) is 16.0. The van der Waals surface area contributed by atoms with E-state index in [1.807, 2.05) is 18.2 Å². The number of rotatable bonds is 6. The van der Waals surface area contributed by atoms with Crippen molar-refractivity contribution in [2.24, 2.45) is 0 Å². The summed E-state index contributed by atoms with van der Waals surface area (Å²) in [7, 11) is 0. The van der Waals surface area contributed by atoms with Crippen LogP contribution in [0.2, 0.25) is 0 Å². The maximum Gasteiger partial charge on any atom is 0.260 e. The molecule has 5 heteroatoms. The predicted molar refractivity (Wildman–Crippen MR) is 77.4 cm³/mol. The smallest absolute Gasteiger partial charge is 0.260 e. The molecule has 110 valence electrons. The van der Waals surface area contributed by atoms with Crippen LogP contribution in [0.5, 0.6) is 5.75 Å². The van der Waals surface area contributed by atoms with Crippen molar-refractivity contribution in [3.8, 4) is 5.75 Å². The number of amides is 1. The van der Waals surface area contributed by atoms with E-state index in [0.717, 1.165) is 5.69 Å². The second kappa shape index (κ2) is 7.38. The van der Waals surface area contributed by atoms with E-state index >= 15 is 0 Å². The largest absolute Gasteiger partial charge is 0.481 e. The van der Waals surface area contributed by atoms with E-state index in [1.165, 1.54) is 18.2 Å². The van der Waals surface area contributed by atoms with Gasteiger partial charge in [-0.15, -0.1) is 0 Å².